The second-order valence-corrected chi connectivity index (χ2v) is 7.00. The first-order chi connectivity index (χ1) is 8.92. The van der Waals surface area contributed by atoms with E-state index in [4.69, 9.17) is 9.05 Å². The summed E-state index contributed by atoms with van der Waals surface area (Å²) < 4.78 is 24.3. The van der Waals surface area contributed by atoms with E-state index in [9.17, 15) is 4.57 Å². The Hall–Kier alpha value is -0.670. The zero-order valence-corrected chi connectivity index (χ0v) is 13.3. The summed E-state index contributed by atoms with van der Waals surface area (Å²) in [5.41, 5.74) is 0.922. The highest BCUT2D eigenvalue weighted by molar-refractivity contribution is 7.55. The van der Waals surface area contributed by atoms with Crippen LogP contribution in [-0.2, 0) is 18.9 Å². The van der Waals surface area contributed by atoms with Gasteiger partial charge in [0.1, 0.15) is 5.28 Å². The molecule has 5 heteroatoms. The minimum atomic E-state index is -3.29. The molecule has 0 radical (unpaired) electrons. The van der Waals surface area contributed by atoms with Crippen LogP contribution in [0, 0.1) is 0 Å². The molecule has 19 heavy (non-hydrogen) atoms. The fourth-order valence-electron chi connectivity index (χ4n) is 2.04. The van der Waals surface area contributed by atoms with E-state index in [1.807, 2.05) is 70.1 Å². The molecule has 0 aliphatic carbocycles. The highest BCUT2D eigenvalue weighted by atomic mass is 31.2. The van der Waals surface area contributed by atoms with Crippen molar-refractivity contribution in [2.24, 2.45) is 0 Å². The summed E-state index contributed by atoms with van der Waals surface area (Å²) in [6.07, 6.45) is 0. The molecule has 0 aliphatic rings. The van der Waals surface area contributed by atoms with Crippen LogP contribution in [0.5, 0.6) is 0 Å². The van der Waals surface area contributed by atoms with Gasteiger partial charge in [-0.3, -0.25) is 9.46 Å². The minimum absolute atomic E-state index is 0.355. The summed E-state index contributed by atoms with van der Waals surface area (Å²) in [5.74, 6) is 0. The van der Waals surface area contributed by atoms with Gasteiger partial charge >= 0.3 is 7.60 Å². The van der Waals surface area contributed by atoms with E-state index >= 15 is 0 Å². The molecular formula is C14H24NO3P. The van der Waals surface area contributed by atoms with Crippen LogP contribution >= 0.6 is 7.60 Å². The number of rotatable bonds is 7. The molecule has 108 valence electrons. The summed E-state index contributed by atoms with van der Waals surface area (Å²) in [5, 5.41) is -0.805. The molecule has 0 spiro atoms. The van der Waals surface area contributed by atoms with Crippen molar-refractivity contribution in [3.63, 3.8) is 0 Å². The normalized spacial score (nSPS) is 15.5. The smallest absolute Gasteiger partial charge is 0.307 e. The van der Waals surface area contributed by atoms with Gasteiger partial charge in [0, 0.05) is 0 Å². The monoisotopic (exact) mass is 285 g/mol. The zero-order valence-electron chi connectivity index (χ0n) is 12.4. The molecule has 1 unspecified atom stereocenters. The highest BCUT2D eigenvalue weighted by Crippen LogP contribution is 2.65. The zero-order chi connectivity index (χ0) is 14.5. The topological polar surface area (TPSA) is 38.8 Å². The van der Waals surface area contributed by atoms with E-state index in [1.54, 1.807) is 0 Å². The largest absolute Gasteiger partial charge is 0.354 e. The summed E-state index contributed by atoms with van der Waals surface area (Å²) in [4.78, 5) is 1.90. The van der Waals surface area contributed by atoms with Crippen LogP contribution in [0.2, 0.25) is 0 Å². The molecule has 0 aromatic heterocycles. The fourth-order valence-corrected chi connectivity index (χ4v) is 4.26. The van der Waals surface area contributed by atoms with E-state index in [0.717, 1.165) is 5.56 Å². The van der Waals surface area contributed by atoms with Crippen molar-refractivity contribution >= 4 is 7.60 Å². The molecule has 0 bridgehead atoms. The molecule has 0 saturated heterocycles. The van der Waals surface area contributed by atoms with Crippen molar-refractivity contribution in [1.82, 2.24) is 4.90 Å². The number of nitrogens with zero attached hydrogens (tertiary/aromatic N) is 1. The lowest BCUT2D eigenvalue weighted by Gasteiger charge is -2.41. The van der Waals surface area contributed by atoms with Gasteiger partial charge in [0.2, 0.25) is 0 Å². The Morgan fingerprint density at radius 1 is 1.11 bits per heavy atom. The molecule has 1 aromatic rings. The molecule has 1 rings (SSSR count). The van der Waals surface area contributed by atoms with Gasteiger partial charge in [-0.25, -0.2) is 0 Å². The predicted molar refractivity (Wildman–Crippen MR) is 78.3 cm³/mol. The third kappa shape index (κ3) is 3.09. The van der Waals surface area contributed by atoms with Gasteiger partial charge in [0.25, 0.3) is 0 Å². The standard InChI is InChI=1S/C14H24NO3P/c1-6-17-19(16,18-7-2)14(3,15(4)5)13-11-9-8-10-12-13/h8-12H,6-7H2,1-5H3. The van der Waals surface area contributed by atoms with E-state index in [0.29, 0.717) is 13.2 Å². The van der Waals surface area contributed by atoms with Crippen LogP contribution in [-0.4, -0.2) is 32.2 Å². The molecular weight excluding hydrogens is 261 g/mol. The van der Waals surface area contributed by atoms with Gasteiger partial charge < -0.3 is 9.05 Å². The first-order valence-corrected chi connectivity index (χ1v) is 8.08. The maximum Gasteiger partial charge on any atom is 0.354 e. The molecule has 0 amide bonds. The van der Waals surface area contributed by atoms with Crippen molar-refractivity contribution in [3.05, 3.63) is 35.9 Å². The van der Waals surface area contributed by atoms with Gasteiger partial charge in [-0.15, -0.1) is 0 Å². The lowest BCUT2D eigenvalue weighted by molar-refractivity contribution is 0.146. The highest BCUT2D eigenvalue weighted by Gasteiger charge is 2.50. The van der Waals surface area contributed by atoms with Crippen LogP contribution in [0.4, 0.5) is 0 Å². The summed E-state index contributed by atoms with van der Waals surface area (Å²) in [7, 11) is 0.480. The Labute approximate surface area is 116 Å². The predicted octanol–water partition coefficient (Wildman–Crippen LogP) is 3.69. The quantitative estimate of drug-likeness (QED) is 0.716. The molecule has 0 fully saturated rings. The average molecular weight is 285 g/mol. The van der Waals surface area contributed by atoms with E-state index < -0.39 is 12.9 Å². The molecule has 0 aliphatic heterocycles. The maximum atomic E-state index is 13.2. The Kier molecular flexibility index (Phi) is 5.75. The van der Waals surface area contributed by atoms with Crippen LogP contribution in [0.15, 0.2) is 30.3 Å². The van der Waals surface area contributed by atoms with Gasteiger partial charge in [-0.05, 0) is 40.4 Å². The Bertz CT molecular complexity index is 426. The fraction of sp³-hybridized carbons (Fsp3) is 0.571. The summed E-state index contributed by atoms with van der Waals surface area (Å²) in [6, 6.07) is 9.69. The van der Waals surface area contributed by atoms with E-state index in [-0.39, 0.29) is 0 Å². The van der Waals surface area contributed by atoms with Crippen LogP contribution in [0.1, 0.15) is 26.3 Å². The second kappa shape index (κ2) is 6.67. The lowest BCUT2D eigenvalue weighted by atomic mass is 10.1. The van der Waals surface area contributed by atoms with Crippen LogP contribution < -0.4 is 0 Å². The van der Waals surface area contributed by atoms with Gasteiger partial charge in [-0.1, -0.05) is 30.3 Å². The van der Waals surface area contributed by atoms with Gasteiger partial charge in [0.15, 0.2) is 0 Å². The van der Waals surface area contributed by atoms with Crippen molar-refractivity contribution in [2.45, 2.75) is 26.1 Å². The number of hydrogen-bond donors (Lipinski definition) is 0. The average Bonchev–Trinajstić information content (AvgIpc) is 2.39. The third-order valence-electron chi connectivity index (χ3n) is 3.32. The Morgan fingerprint density at radius 2 is 1.58 bits per heavy atom. The first-order valence-electron chi connectivity index (χ1n) is 6.54. The molecule has 1 aromatic carbocycles. The molecule has 0 heterocycles. The minimum Gasteiger partial charge on any atom is -0.307 e. The molecule has 4 nitrogen and oxygen atoms in total. The summed E-state index contributed by atoms with van der Waals surface area (Å²) >= 11 is 0. The number of benzene rings is 1. The van der Waals surface area contributed by atoms with Crippen molar-refractivity contribution in [1.29, 1.82) is 0 Å². The third-order valence-corrected chi connectivity index (χ3v) is 6.24. The lowest BCUT2D eigenvalue weighted by Crippen LogP contribution is -2.39. The molecule has 0 saturated carbocycles. The summed E-state index contributed by atoms with van der Waals surface area (Å²) in [6.45, 7) is 6.26. The molecule has 0 N–H and O–H groups in total. The maximum absolute atomic E-state index is 13.2. The first kappa shape index (κ1) is 16.4. The van der Waals surface area contributed by atoms with Crippen molar-refractivity contribution in [2.75, 3.05) is 27.3 Å². The van der Waals surface area contributed by atoms with Gasteiger partial charge in [0.05, 0.1) is 13.2 Å². The van der Waals surface area contributed by atoms with Crippen molar-refractivity contribution < 1.29 is 13.6 Å². The van der Waals surface area contributed by atoms with Gasteiger partial charge in [-0.2, -0.15) is 0 Å². The van der Waals surface area contributed by atoms with E-state index in [1.165, 1.54) is 0 Å². The van der Waals surface area contributed by atoms with E-state index in [2.05, 4.69) is 0 Å². The molecule has 1 atom stereocenters. The van der Waals surface area contributed by atoms with Crippen LogP contribution in [0.25, 0.3) is 0 Å². The SMILES string of the molecule is CCOP(=O)(OCC)C(C)(c1ccccc1)N(C)C. The Morgan fingerprint density at radius 3 is 1.95 bits per heavy atom. The van der Waals surface area contributed by atoms with Crippen molar-refractivity contribution in [3.8, 4) is 0 Å². The number of hydrogen-bond acceptors (Lipinski definition) is 4. The Balaban J connectivity index is 3.36. The van der Waals surface area contributed by atoms with Crippen LogP contribution in [0.3, 0.4) is 0 Å². The second-order valence-electron chi connectivity index (χ2n) is 4.61.